The van der Waals surface area contributed by atoms with Crippen LogP contribution < -0.4 is 16.0 Å². The second-order valence-electron chi connectivity index (χ2n) is 6.95. The number of hydrogen-bond acceptors (Lipinski definition) is 4. The average molecular weight is 435 g/mol. The van der Waals surface area contributed by atoms with Crippen LogP contribution in [0.25, 0.3) is 0 Å². The maximum absolute atomic E-state index is 12.5. The number of nitrogens with zero attached hydrogens (tertiary/aromatic N) is 1. The number of aryl methyl sites for hydroxylation is 1. The number of rotatable bonds is 7. The molecule has 0 fully saturated rings. The van der Waals surface area contributed by atoms with E-state index in [4.69, 9.17) is 12.2 Å². The fourth-order valence-corrected chi connectivity index (χ4v) is 3.22. The van der Waals surface area contributed by atoms with Crippen LogP contribution in [0.5, 0.6) is 0 Å². The van der Waals surface area contributed by atoms with Crippen molar-refractivity contribution in [2.75, 3.05) is 11.9 Å². The van der Waals surface area contributed by atoms with Gasteiger partial charge in [-0.15, -0.1) is 0 Å². The molecule has 0 spiro atoms. The van der Waals surface area contributed by atoms with Gasteiger partial charge < -0.3 is 16.0 Å². The fourth-order valence-electron chi connectivity index (χ4n) is 2.96. The summed E-state index contributed by atoms with van der Waals surface area (Å²) >= 11 is 5.40. The quantitative estimate of drug-likeness (QED) is 0.290. The van der Waals surface area contributed by atoms with Crippen molar-refractivity contribution in [3.05, 3.63) is 106 Å². The predicted molar refractivity (Wildman–Crippen MR) is 125 cm³/mol. The summed E-state index contributed by atoms with van der Waals surface area (Å²) in [7, 11) is 0. The minimum absolute atomic E-state index is 0.0298. The summed E-state index contributed by atoms with van der Waals surface area (Å²) in [6.45, 7) is 2.26. The first-order valence-electron chi connectivity index (χ1n) is 9.64. The number of nitrogens with one attached hydrogen (secondary N) is 3. The Labute approximate surface area is 185 Å². The largest absolute Gasteiger partial charge is 0.354 e. The molecule has 0 heterocycles. The summed E-state index contributed by atoms with van der Waals surface area (Å²) in [6, 6.07) is 22.7. The number of non-ortho nitro benzene ring substituents is 1. The van der Waals surface area contributed by atoms with E-state index in [2.05, 4.69) is 16.0 Å². The number of amides is 1. The molecular weight excluding hydrogens is 412 g/mol. The standard InChI is InChI=1S/C23H22N4O3S/c1-16-10-12-18(13-11-16)22(28)24-15-21(17-6-3-2-4-7-17)26-23(31)25-19-8-5-9-20(14-19)27(29)30/h2-14,21H,15H2,1H3,(H,24,28)(H2,25,26,31). The van der Waals surface area contributed by atoms with Gasteiger partial charge in [0.05, 0.1) is 11.0 Å². The second kappa shape index (κ2) is 10.3. The summed E-state index contributed by atoms with van der Waals surface area (Å²) in [5.41, 5.74) is 3.07. The van der Waals surface area contributed by atoms with Crippen LogP contribution in [0.3, 0.4) is 0 Å². The number of thiocarbonyl (C=S) groups is 1. The van der Waals surface area contributed by atoms with E-state index < -0.39 is 4.92 Å². The molecule has 1 atom stereocenters. The molecule has 7 nitrogen and oxygen atoms in total. The molecule has 0 aromatic heterocycles. The summed E-state index contributed by atoms with van der Waals surface area (Å²) in [5, 5.41) is 20.3. The normalized spacial score (nSPS) is 11.3. The zero-order valence-corrected chi connectivity index (χ0v) is 17.7. The van der Waals surface area contributed by atoms with Crippen molar-refractivity contribution in [3.8, 4) is 0 Å². The highest BCUT2D eigenvalue weighted by Crippen LogP contribution is 2.18. The van der Waals surface area contributed by atoms with Crippen molar-refractivity contribution in [1.29, 1.82) is 0 Å². The SMILES string of the molecule is Cc1ccc(C(=O)NCC(NC(=S)Nc2cccc([N+](=O)[O-])c2)c2ccccc2)cc1. The number of carbonyl (C=O) groups is 1. The highest BCUT2D eigenvalue weighted by molar-refractivity contribution is 7.80. The van der Waals surface area contributed by atoms with E-state index in [0.717, 1.165) is 11.1 Å². The van der Waals surface area contributed by atoms with Crippen LogP contribution in [-0.2, 0) is 0 Å². The van der Waals surface area contributed by atoms with E-state index in [9.17, 15) is 14.9 Å². The number of benzene rings is 3. The Morgan fingerprint density at radius 1 is 1.03 bits per heavy atom. The van der Waals surface area contributed by atoms with Gasteiger partial charge in [-0.2, -0.15) is 0 Å². The first-order valence-corrected chi connectivity index (χ1v) is 10.0. The Kier molecular flexibility index (Phi) is 7.29. The third-order valence-electron chi connectivity index (χ3n) is 4.60. The Bertz CT molecular complexity index is 1070. The molecule has 1 unspecified atom stereocenters. The number of hydrogen-bond donors (Lipinski definition) is 3. The van der Waals surface area contributed by atoms with Crippen molar-refractivity contribution in [3.63, 3.8) is 0 Å². The van der Waals surface area contributed by atoms with Gasteiger partial charge in [0.25, 0.3) is 11.6 Å². The van der Waals surface area contributed by atoms with Gasteiger partial charge in [-0.05, 0) is 42.9 Å². The number of carbonyl (C=O) groups excluding carboxylic acids is 1. The fraction of sp³-hybridized carbons (Fsp3) is 0.130. The lowest BCUT2D eigenvalue weighted by atomic mass is 10.1. The van der Waals surface area contributed by atoms with Crippen LogP contribution in [0.4, 0.5) is 11.4 Å². The zero-order valence-electron chi connectivity index (χ0n) is 16.9. The molecule has 3 aromatic rings. The lowest BCUT2D eigenvalue weighted by molar-refractivity contribution is -0.384. The van der Waals surface area contributed by atoms with Gasteiger partial charge in [0.2, 0.25) is 0 Å². The number of nitro benzene ring substituents is 1. The van der Waals surface area contributed by atoms with Crippen LogP contribution in [0.1, 0.15) is 27.5 Å². The molecule has 0 saturated carbocycles. The van der Waals surface area contributed by atoms with Gasteiger partial charge in [0.15, 0.2) is 5.11 Å². The lowest BCUT2D eigenvalue weighted by Crippen LogP contribution is -2.39. The van der Waals surface area contributed by atoms with Crippen LogP contribution in [0.2, 0.25) is 0 Å². The van der Waals surface area contributed by atoms with Gasteiger partial charge in [-0.3, -0.25) is 14.9 Å². The Balaban J connectivity index is 1.68. The van der Waals surface area contributed by atoms with Gasteiger partial charge in [-0.25, -0.2) is 0 Å². The number of anilines is 1. The first kappa shape index (κ1) is 21.9. The minimum Gasteiger partial charge on any atom is -0.354 e. The van der Waals surface area contributed by atoms with Crippen LogP contribution >= 0.6 is 12.2 Å². The highest BCUT2D eigenvalue weighted by Gasteiger charge is 2.15. The van der Waals surface area contributed by atoms with Gasteiger partial charge in [-0.1, -0.05) is 54.1 Å². The molecule has 0 bridgehead atoms. The molecule has 0 aliphatic rings. The predicted octanol–water partition coefficient (Wildman–Crippen LogP) is 4.36. The van der Waals surface area contributed by atoms with Gasteiger partial charge >= 0.3 is 0 Å². The zero-order chi connectivity index (χ0) is 22.2. The molecule has 31 heavy (non-hydrogen) atoms. The molecule has 3 aromatic carbocycles. The summed E-state index contributed by atoms with van der Waals surface area (Å²) in [6.07, 6.45) is 0. The van der Waals surface area contributed by atoms with E-state index >= 15 is 0 Å². The maximum atomic E-state index is 12.5. The van der Waals surface area contributed by atoms with E-state index in [0.29, 0.717) is 22.9 Å². The van der Waals surface area contributed by atoms with E-state index in [1.165, 1.54) is 12.1 Å². The summed E-state index contributed by atoms with van der Waals surface area (Å²) in [4.78, 5) is 23.0. The molecule has 1 amide bonds. The van der Waals surface area contributed by atoms with Crippen molar-refractivity contribution < 1.29 is 9.72 Å². The Morgan fingerprint density at radius 2 is 1.74 bits per heavy atom. The van der Waals surface area contributed by atoms with Gasteiger partial charge in [0, 0.05) is 29.9 Å². The average Bonchev–Trinajstić information content (AvgIpc) is 2.77. The summed E-state index contributed by atoms with van der Waals surface area (Å²) < 4.78 is 0. The maximum Gasteiger partial charge on any atom is 0.271 e. The third-order valence-corrected chi connectivity index (χ3v) is 4.82. The molecule has 0 radical (unpaired) electrons. The molecule has 0 aliphatic carbocycles. The molecule has 8 heteroatoms. The lowest BCUT2D eigenvalue weighted by Gasteiger charge is -2.22. The molecule has 3 N–H and O–H groups in total. The molecular formula is C23H22N4O3S. The van der Waals surface area contributed by atoms with E-state index in [-0.39, 0.29) is 17.6 Å². The third kappa shape index (κ3) is 6.35. The topological polar surface area (TPSA) is 96.3 Å². The van der Waals surface area contributed by atoms with Crippen molar-refractivity contribution in [2.45, 2.75) is 13.0 Å². The van der Waals surface area contributed by atoms with Crippen LogP contribution in [0.15, 0.2) is 78.9 Å². The van der Waals surface area contributed by atoms with Crippen LogP contribution in [0, 0.1) is 17.0 Å². The molecule has 0 saturated heterocycles. The van der Waals surface area contributed by atoms with Gasteiger partial charge in [0.1, 0.15) is 0 Å². The van der Waals surface area contributed by atoms with Crippen molar-refractivity contribution in [2.24, 2.45) is 0 Å². The van der Waals surface area contributed by atoms with Crippen LogP contribution in [-0.4, -0.2) is 22.5 Å². The number of nitro groups is 1. The van der Waals surface area contributed by atoms with Crippen molar-refractivity contribution in [1.82, 2.24) is 10.6 Å². The Morgan fingerprint density at radius 3 is 2.42 bits per heavy atom. The second-order valence-corrected chi connectivity index (χ2v) is 7.35. The van der Waals surface area contributed by atoms with E-state index in [1.54, 1.807) is 24.3 Å². The minimum atomic E-state index is -0.463. The highest BCUT2D eigenvalue weighted by atomic mass is 32.1. The molecule has 3 rings (SSSR count). The monoisotopic (exact) mass is 434 g/mol. The smallest absolute Gasteiger partial charge is 0.271 e. The Hall–Kier alpha value is -3.78. The van der Waals surface area contributed by atoms with E-state index in [1.807, 2.05) is 49.4 Å². The molecule has 0 aliphatic heterocycles. The first-order chi connectivity index (χ1) is 14.9. The van der Waals surface area contributed by atoms with Crippen molar-refractivity contribution >= 4 is 34.6 Å². The summed E-state index contributed by atoms with van der Waals surface area (Å²) in [5.74, 6) is -0.180. The molecule has 158 valence electrons.